The minimum atomic E-state index is -4.15. The summed E-state index contributed by atoms with van der Waals surface area (Å²) in [4.78, 5) is 28.6. The molecule has 1 N–H and O–H groups in total. The van der Waals surface area contributed by atoms with Gasteiger partial charge in [0.1, 0.15) is 12.6 Å². The summed E-state index contributed by atoms with van der Waals surface area (Å²) in [5, 5.41) is 3.15. The number of aryl methyl sites for hydroxylation is 3. The van der Waals surface area contributed by atoms with Crippen LogP contribution in [-0.2, 0) is 26.2 Å². The van der Waals surface area contributed by atoms with Gasteiger partial charge in [0.05, 0.1) is 10.6 Å². The molecule has 3 rings (SSSR count). The maximum absolute atomic E-state index is 14.0. The highest BCUT2D eigenvalue weighted by atomic mass is 35.5. The Morgan fingerprint density at radius 3 is 2.05 bits per heavy atom. The van der Waals surface area contributed by atoms with Crippen LogP contribution in [0.1, 0.15) is 42.5 Å². The molecule has 1 unspecified atom stereocenters. The molecule has 0 radical (unpaired) electrons. The third-order valence-electron chi connectivity index (χ3n) is 6.54. The second kappa shape index (κ2) is 13.1. The van der Waals surface area contributed by atoms with Crippen molar-refractivity contribution < 1.29 is 18.0 Å². The lowest BCUT2D eigenvalue weighted by Gasteiger charge is -2.33. The quantitative estimate of drug-likeness (QED) is 0.335. The predicted octanol–water partition coefficient (Wildman–Crippen LogP) is 5.40. The summed E-state index contributed by atoms with van der Waals surface area (Å²) in [7, 11) is -4.15. The van der Waals surface area contributed by atoms with Crippen molar-refractivity contribution in [2.75, 3.05) is 17.4 Å². The highest BCUT2D eigenvalue weighted by molar-refractivity contribution is 7.92. The number of rotatable bonds is 11. The smallest absolute Gasteiger partial charge is 0.264 e. The van der Waals surface area contributed by atoms with Crippen LogP contribution in [0.3, 0.4) is 0 Å². The molecule has 0 bridgehead atoms. The van der Waals surface area contributed by atoms with Crippen LogP contribution in [-0.4, -0.2) is 44.3 Å². The zero-order valence-corrected chi connectivity index (χ0v) is 24.6. The Morgan fingerprint density at radius 2 is 1.49 bits per heavy atom. The summed E-state index contributed by atoms with van der Waals surface area (Å²) in [6, 6.07) is 18.3. The summed E-state index contributed by atoms with van der Waals surface area (Å²) in [5.41, 5.74) is 3.76. The van der Waals surface area contributed by atoms with Gasteiger partial charge >= 0.3 is 0 Å². The van der Waals surface area contributed by atoms with Gasteiger partial charge in [-0.1, -0.05) is 72.1 Å². The summed E-state index contributed by atoms with van der Waals surface area (Å²) < 4.78 is 29.0. The molecule has 2 amide bonds. The Labute approximate surface area is 236 Å². The summed E-state index contributed by atoms with van der Waals surface area (Å²) in [6.07, 6.45) is 0.365. The highest BCUT2D eigenvalue weighted by Crippen LogP contribution is 2.30. The van der Waals surface area contributed by atoms with Crippen molar-refractivity contribution in [1.29, 1.82) is 0 Å². The molecule has 0 spiro atoms. The molecule has 9 heteroatoms. The first-order chi connectivity index (χ1) is 18.5. The zero-order valence-electron chi connectivity index (χ0n) is 23.1. The second-order valence-corrected chi connectivity index (χ2v) is 11.9. The third-order valence-corrected chi connectivity index (χ3v) is 8.55. The number of carbonyl (C=O) groups is 2. The molecule has 208 valence electrons. The third kappa shape index (κ3) is 7.40. The van der Waals surface area contributed by atoms with Crippen molar-refractivity contribution in [3.05, 3.63) is 94.0 Å². The van der Waals surface area contributed by atoms with Crippen LogP contribution in [0.2, 0.25) is 5.02 Å². The Hall–Kier alpha value is -3.36. The van der Waals surface area contributed by atoms with E-state index in [-0.39, 0.29) is 17.3 Å². The molecule has 0 saturated heterocycles. The first-order valence-corrected chi connectivity index (χ1v) is 14.8. The van der Waals surface area contributed by atoms with Gasteiger partial charge in [0.25, 0.3) is 10.0 Å². The molecular weight excluding hydrogens is 534 g/mol. The Balaban J connectivity index is 2.10. The molecule has 3 aromatic carbocycles. The molecule has 39 heavy (non-hydrogen) atoms. The van der Waals surface area contributed by atoms with E-state index in [1.807, 2.05) is 52.0 Å². The Morgan fingerprint density at radius 1 is 0.897 bits per heavy atom. The fourth-order valence-electron chi connectivity index (χ4n) is 4.30. The molecule has 0 heterocycles. The van der Waals surface area contributed by atoms with E-state index in [1.165, 1.54) is 17.0 Å². The predicted molar refractivity (Wildman–Crippen MR) is 156 cm³/mol. The molecule has 0 fully saturated rings. The summed E-state index contributed by atoms with van der Waals surface area (Å²) >= 11 is 6.28. The SMILES string of the molecule is CCNC(=O)C(CC)N(Cc1ccc(C)cc1)C(=O)CN(c1cc(Cl)ccc1C)S(=O)(=O)c1ccc(C)cc1. The first kappa shape index (κ1) is 30.2. The van der Waals surface area contributed by atoms with Gasteiger partial charge in [-0.2, -0.15) is 0 Å². The second-order valence-electron chi connectivity index (χ2n) is 9.58. The van der Waals surface area contributed by atoms with Gasteiger partial charge in [-0.05, 0) is 69.5 Å². The summed E-state index contributed by atoms with van der Waals surface area (Å²) in [5.74, 6) is -0.781. The van der Waals surface area contributed by atoms with Crippen LogP contribution in [0.5, 0.6) is 0 Å². The minimum Gasteiger partial charge on any atom is -0.355 e. The molecule has 0 aromatic heterocycles. The van der Waals surface area contributed by atoms with Gasteiger partial charge in [-0.25, -0.2) is 8.42 Å². The average Bonchev–Trinajstić information content (AvgIpc) is 2.90. The van der Waals surface area contributed by atoms with Crippen LogP contribution < -0.4 is 9.62 Å². The van der Waals surface area contributed by atoms with Crippen molar-refractivity contribution >= 4 is 39.1 Å². The Bertz CT molecular complexity index is 1410. The van der Waals surface area contributed by atoms with Crippen molar-refractivity contribution in [2.24, 2.45) is 0 Å². The van der Waals surface area contributed by atoms with Crippen molar-refractivity contribution in [3.63, 3.8) is 0 Å². The molecule has 3 aromatic rings. The fourth-order valence-corrected chi connectivity index (χ4v) is 5.94. The number of halogens is 1. The van der Waals surface area contributed by atoms with E-state index in [0.29, 0.717) is 29.2 Å². The number of nitrogens with zero attached hydrogens (tertiary/aromatic N) is 2. The summed E-state index contributed by atoms with van der Waals surface area (Å²) in [6.45, 7) is 9.32. The number of sulfonamides is 1. The van der Waals surface area contributed by atoms with E-state index in [9.17, 15) is 18.0 Å². The van der Waals surface area contributed by atoms with Crippen molar-refractivity contribution in [1.82, 2.24) is 10.2 Å². The zero-order chi connectivity index (χ0) is 28.7. The van der Waals surface area contributed by atoms with Gasteiger partial charge in [-0.3, -0.25) is 13.9 Å². The molecule has 7 nitrogen and oxygen atoms in total. The monoisotopic (exact) mass is 569 g/mol. The maximum Gasteiger partial charge on any atom is 0.264 e. The number of hydrogen-bond donors (Lipinski definition) is 1. The van der Waals surface area contributed by atoms with E-state index in [0.717, 1.165) is 21.0 Å². The van der Waals surface area contributed by atoms with Crippen LogP contribution in [0.25, 0.3) is 0 Å². The van der Waals surface area contributed by atoms with Gasteiger partial charge in [0.15, 0.2) is 0 Å². The van der Waals surface area contributed by atoms with Gasteiger partial charge in [0.2, 0.25) is 11.8 Å². The largest absolute Gasteiger partial charge is 0.355 e. The Kier molecular flexibility index (Phi) is 10.2. The minimum absolute atomic E-state index is 0.0566. The molecule has 1 atom stereocenters. The lowest BCUT2D eigenvalue weighted by atomic mass is 10.1. The standard InChI is InChI=1S/C30H36ClN3O4S/c1-6-27(30(36)32-7-2)33(19-24-13-8-21(3)9-14-24)29(35)20-34(28-18-25(31)15-12-23(28)5)39(37,38)26-16-10-22(4)11-17-26/h8-18,27H,6-7,19-20H2,1-5H3,(H,32,36). The average molecular weight is 570 g/mol. The number of amides is 2. The molecule has 0 saturated carbocycles. The van der Waals surface area contributed by atoms with E-state index in [1.54, 1.807) is 37.3 Å². The van der Waals surface area contributed by atoms with Gasteiger partial charge < -0.3 is 10.2 Å². The number of benzene rings is 3. The van der Waals surface area contributed by atoms with Crippen LogP contribution in [0.15, 0.2) is 71.6 Å². The number of carbonyl (C=O) groups excluding carboxylic acids is 2. The first-order valence-electron chi connectivity index (χ1n) is 13.0. The normalized spacial score (nSPS) is 12.1. The maximum atomic E-state index is 14.0. The van der Waals surface area contributed by atoms with E-state index in [2.05, 4.69) is 5.32 Å². The number of nitrogens with one attached hydrogen (secondary N) is 1. The van der Waals surface area contributed by atoms with Crippen molar-refractivity contribution in [3.8, 4) is 0 Å². The van der Waals surface area contributed by atoms with E-state index in [4.69, 9.17) is 11.6 Å². The lowest BCUT2D eigenvalue weighted by molar-refractivity contribution is -0.140. The number of likely N-dealkylation sites (N-methyl/N-ethyl adjacent to an activating group) is 1. The van der Waals surface area contributed by atoms with Crippen LogP contribution in [0, 0.1) is 20.8 Å². The van der Waals surface area contributed by atoms with Gasteiger partial charge in [-0.15, -0.1) is 0 Å². The van der Waals surface area contributed by atoms with Crippen molar-refractivity contribution in [2.45, 2.75) is 58.5 Å². The highest BCUT2D eigenvalue weighted by Gasteiger charge is 2.34. The van der Waals surface area contributed by atoms with E-state index < -0.39 is 28.5 Å². The molecule has 0 aliphatic rings. The van der Waals surface area contributed by atoms with E-state index >= 15 is 0 Å². The van der Waals surface area contributed by atoms with Gasteiger partial charge in [0, 0.05) is 18.1 Å². The molecular formula is C30H36ClN3O4S. The molecule has 0 aliphatic heterocycles. The van der Waals surface area contributed by atoms with Crippen LogP contribution in [0.4, 0.5) is 5.69 Å². The lowest BCUT2D eigenvalue weighted by Crippen LogP contribution is -2.52. The fraction of sp³-hybridized carbons (Fsp3) is 0.333. The molecule has 0 aliphatic carbocycles. The number of hydrogen-bond acceptors (Lipinski definition) is 4. The number of anilines is 1. The van der Waals surface area contributed by atoms with Crippen LogP contribution >= 0.6 is 11.6 Å². The topological polar surface area (TPSA) is 86.8 Å².